The molecule has 144 valence electrons. The first-order chi connectivity index (χ1) is 13.7. The number of hydrogen-bond acceptors (Lipinski definition) is 6. The molecule has 7 nitrogen and oxygen atoms in total. The maximum absolute atomic E-state index is 12.5. The third-order valence-corrected chi connectivity index (χ3v) is 5.48. The maximum atomic E-state index is 12.5. The van der Waals surface area contributed by atoms with Gasteiger partial charge < -0.3 is 15.5 Å². The molecule has 4 heterocycles. The lowest BCUT2D eigenvalue weighted by Crippen LogP contribution is -2.35. The van der Waals surface area contributed by atoms with Gasteiger partial charge in [0.1, 0.15) is 10.8 Å². The zero-order valence-electron chi connectivity index (χ0n) is 15.4. The molecule has 1 saturated heterocycles. The highest BCUT2D eigenvalue weighted by Crippen LogP contribution is 2.21. The molecule has 2 aromatic heterocycles. The predicted molar refractivity (Wildman–Crippen MR) is 110 cm³/mol. The van der Waals surface area contributed by atoms with Gasteiger partial charge >= 0.3 is 0 Å². The lowest BCUT2D eigenvalue weighted by molar-refractivity contribution is -0.126. The summed E-state index contributed by atoms with van der Waals surface area (Å²) >= 11 is 1.63. The van der Waals surface area contributed by atoms with Gasteiger partial charge in [-0.15, -0.1) is 11.3 Å². The fraction of sp³-hybridized carbons (Fsp3) is 0.300. The molecule has 0 radical (unpaired) electrons. The monoisotopic (exact) mass is 395 g/mol. The van der Waals surface area contributed by atoms with Gasteiger partial charge in [-0.1, -0.05) is 5.57 Å². The minimum atomic E-state index is -0.0990. The number of pyridine rings is 1. The summed E-state index contributed by atoms with van der Waals surface area (Å²) < 4.78 is 0. The van der Waals surface area contributed by atoms with E-state index in [2.05, 4.69) is 26.7 Å². The molecule has 0 saturated carbocycles. The number of piperidine rings is 1. The highest BCUT2D eigenvalue weighted by molar-refractivity contribution is 7.10. The van der Waals surface area contributed by atoms with E-state index in [9.17, 15) is 9.59 Å². The van der Waals surface area contributed by atoms with Crippen LogP contribution in [0.15, 0.2) is 35.5 Å². The Hall–Kier alpha value is -2.84. The minimum Gasteiger partial charge on any atom is -0.339 e. The highest BCUT2D eigenvalue weighted by Gasteiger charge is 2.18. The molecule has 2 aliphatic rings. The number of carbonyl (C=O) groups is 2. The first-order valence-corrected chi connectivity index (χ1v) is 10.1. The van der Waals surface area contributed by atoms with Gasteiger partial charge in [0.15, 0.2) is 0 Å². The van der Waals surface area contributed by atoms with Crippen molar-refractivity contribution in [3.63, 3.8) is 0 Å². The zero-order valence-corrected chi connectivity index (χ0v) is 16.2. The van der Waals surface area contributed by atoms with Gasteiger partial charge in [-0.25, -0.2) is 9.97 Å². The Morgan fingerprint density at radius 3 is 2.86 bits per heavy atom. The Balaban J connectivity index is 1.36. The number of likely N-dealkylation sites (tertiary alicyclic amines) is 1. The smallest absolute Gasteiger partial charge is 0.246 e. The van der Waals surface area contributed by atoms with Crippen LogP contribution in [-0.4, -0.2) is 46.3 Å². The van der Waals surface area contributed by atoms with Crippen molar-refractivity contribution in [1.82, 2.24) is 20.2 Å². The molecular formula is C20H21N5O2S. The normalized spacial score (nSPS) is 17.2. The summed E-state index contributed by atoms with van der Waals surface area (Å²) in [5, 5.41) is 8.81. The second-order valence-electron chi connectivity index (χ2n) is 6.76. The molecule has 28 heavy (non-hydrogen) atoms. The molecule has 4 rings (SSSR count). The van der Waals surface area contributed by atoms with Gasteiger partial charge in [-0.3, -0.25) is 9.59 Å². The van der Waals surface area contributed by atoms with Crippen molar-refractivity contribution in [1.29, 1.82) is 0 Å². The highest BCUT2D eigenvalue weighted by atomic mass is 32.1. The van der Waals surface area contributed by atoms with E-state index in [1.54, 1.807) is 29.7 Å². The number of hydrogen-bond donors (Lipinski definition) is 2. The van der Waals surface area contributed by atoms with Gasteiger partial charge in [-0.05, 0) is 36.6 Å². The summed E-state index contributed by atoms with van der Waals surface area (Å²) in [4.78, 5) is 34.5. The summed E-state index contributed by atoms with van der Waals surface area (Å²) in [6, 6.07) is 1.94. The quantitative estimate of drug-likeness (QED) is 0.779. The molecule has 2 N–H and O–H groups in total. The van der Waals surface area contributed by atoms with Crippen LogP contribution >= 0.6 is 11.3 Å². The molecule has 0 atom stereocenters. The number of anilines is 1. The van der Waals surface area contributed by atoms with Crippen LogP contribution < -0.4 is 10.6 Å². The van der Waals surface area contributed by atoms with E-state index in [1.807, 2.05) is 22.5 Å². The Morgan fingerprint density at radius 2 is 2.07 bits per heavy atom. The Bertz CT molecular complexity index is 926. The van der Waals surface area contributed by atoms with Crippen LogP contribution in [0.3, 0.4) is 0 Å². The molecule has 1 fully saturated rings. The average molecular weight is 395 g/mol. The third kappa shape index (κ3) is 4.52. The molecular weight excluding hydrogens is 374 g/mol. The van der Waals surface area contributed by atoms with Gasteiger partial charge in [0, 0.05) is 49.0 Å². The number of nitrogens with zero attached hydrogens (tertiary/aromatic N) is 3. The summed E-state index contributed by atoms with van der Waals surface area (Å²) in [5.41, 5.74) is 3.09. The van der Waals surface area contributed by atoms with Crippen LogP contribution in [0.25, 0.3) is 12.2 Å². The van der Waals surface area contributed by atoms with Crippen molar-refractivity contribution in [2.45, 2.75) is 19.4 Å². The largest absolute Gasteiger partial charge is 0.339 e. The number of thiazole rings is 1. The second-order valence-corrected chi connectivity index (χ2v) is 7.69. The molecule has 0 unspecified atom stereocenters. The second kappa shape index (κ2) is 8.45. The maximum Gasteiger partial charge on any atom is 0.246 e. The molecule has 2 aliphatic heterocycles. The van der Waals surface area contributed by atoms with Gasteiger partial charge in [0.2, 0.25) is 11.8 Å². The van der Waals surface area contributed by atoms with E-state index in [0.29, 0.717) is 12.4 Å². The van der Waals surface area contributed by atoms with Crippen LogP contribution in [0.2, 0.25) is 0 Å². The van der Waals surface area contributed by atoms with Crippen molar-refractivity contribution in [2.24, 2.45) is 0 Å². The van der Waals surface area contributed by atoms with Gasteiger partial charge in [-0.2, -0.15) is 0 Å². The van der Waals surface area contributed by atoms with Crippen molar-refractivity contribution in [3.05, 3.63) is 51.6 Å². The molecule has 0 spiro atoms. The first-order valence-electron chi connectivity index (χ1n) is 9.23. The summed E-state index contributed by atoms with van der Waals surface area (Å²) in [6.45, 7) is 2.28. The number of aromatic nitrogens is 2. The topological polar surface area (TPSA) is 87.2 Å². The number of carbonyl (C=O) groups excluding carboxylic acids is 2. The number of amides is 2. The zero-order chi connectivity index (χ0) is 19.3. The minimum absolute atomic E-state index is 0.00895. The van der Waals surface area contributed by atoms with E-state index in [4.69, 9.17) is 0 Å². The summed E-state index contributed by atoms with van der Waals surface area (Å²) in [5.74, 6) is 0.488. The van der Waals surface area contributed by atoms with Gasteiger partial charge in [0.05, 0.1) is 6.54 Å². The van der Waals surface area contributed by atoms with E-state index in [0.717, 1.165) is 42.1 Å². The van der Waals surface area contributed by atoms with E-state index in [1.165, 1.54) is 5.57 Å². The Kier molecular flexibility index (Phi) is 5.59. The molecule has 2 amide bonds. The summed E-state index contributed by atoms with van der Waals surface area (Å²) in [6.07, 6.45) is 10.7. The fourth-order valence-electron chi connectivity index (χ4n) is 3.27. The predicted octanol–water partition coefficient (Wildman–Crippen LogP) is 2.30. The number of rotatable bonds is 3. The van der Waals surface area contributed by atoms with Crippen LogP contribution in [0, 0.1) is 0 Å². The van der Waals surface area contributed by atoms with Crippen molar-refractivity contribution in [3.8, 4) is 0 Å². The van der Waals surface area contributed by atoms with Crippen LogP contribution in [0.1, 0.15) is 29.0 Å². The molecule has 0 aliphatic carbocycles. The van der Waals surface area contributed by atoms with Crippen LogP contribution in [0.4, 0.5) is 5.82 Å². The SMILES string of the molecule is O=C1CNCc2cc(/C=C/C(=O)N3CCC(=Cc4nccs4)CC3)cnc2N1. The molecule has 0 aromatic carbocycles. The van der Waals surface area contributed by atoms with Crippen molar-refractivity contribution < 1.29 is 9.59 Å². The Labute approximate surface area is 167 Å². The van der Waals surface area contributed by atoms with Crippen molar-refractivity contribution in [2.75, 3.05) is 25.0 Å². The van der Waals surface area contributed by atoms with Gasteiger partial charge in [0.25, 0.3) is 0 Å². The number of nitrogens with one attached hydrogen (secondary N) is 2. The third-order valence-electron chi connectivity index (χ3n) is 4.76. The lowest BCUT2D eigenvalue weighted by atomic mass is 10.0. The molecule has 8 heteroatoms. The first kappa shape index (κ1) is 18.5. The van der Waals surface area contributed by atoms with Crippen LogP contribution in [0.5, 0.6) is 0 Å². The Morgan fingerprint density at radius 1 is 1.21 bits per heavy atom. The number of fused-ring (bicyclic) bond motifs is 1. The van der Waals surface area contributed by atoms with E-state index >= 15 is 0 Å². The average Bonchev–Trinajstić information content (AvgIpc) is 3.14. The molecule has 2 aromatic rings. The standard InChI is InChI=1S/C20H21N5O2S/c26-17-13-21-12-16-9-15(11-23-20(16)24-17)1-2-19(27)25-6-3-14(4-7-25)10-18-22-5-8-28-18/h1-2,5,8-11,21H,3-4,6-7,12-13H2,(H,23,24,26)/b2-1+. The van der Waals surface area contributed by atoms with Crippen LogP contribution in [-0.2, 0) is 16.1 Å². The van der Waals surface area contributed by atoms with E-state index in [-0.39, 0.29) is 18.4 Å². The van der Waals surface area contributed by atoms with E-state index < -0.39 is 0 Å². The fourth-order valence-corrected chi connectivity index (χ4v) is 3.88. The molecule has 0 bridgehead atoms. The summed E-state index contributed by atoms with van der Waals surface area (Å²) in [7, 11) is 0. The lowest BCUT2D eigenvalue weighted by Gasteiger charge is -2.27. The van der Waals surface area contributed by atoms with Crippen molar-refractivity contribution >= 4 is 41.1 Å².